The Bertz CT molecular complexity index is 277. The van der Waals surface area contributed by atoms with E-state index in [4.69, 9.17) is 26.8 Å². The van der Waals surface area contributed by atoms with Gasteiger partial charge in [0.1, 0.15) is 0 Å². The van der Waals surface area contributed by atoms with E-state index in [1.165, 1.54) is 12.1 Å². The van der Waals surface area contributed by atoms with Gasteiger partial charge in [0, 0.05) is 6.54 Å². The summed E-state index contributed by atoms with van der Waals surface area (Å²) in [6.07, 6.45) is 0.716. The van der Waals surface area contributed by atoms with Crippen molar-refractivity contribution in [3.05, 3.63) is 23.8 Å². The highest BCUT2D eigenvalue weighted by molar-refractivity contribution is 5.40. The molecule has 7 N–H and O–H groups in total. The van der Waals surface area contributed by atoms with E-state index >= 15 is 0 Å². The molecule has 0 aromatic heterocycles. The second-order valence-electron chi connectivity index (χ2n) is 2.87. The summed E-state index contributed by atoms with van der Waals surface area (Å²) in [6, 6.07) is 4.71. The predicted octanol–water partition coefficient (Wildman–Crippen LogP) is -0.464. The van der Waals surface area contributed by atoms with Gasteiger partial charge >= 0.3 is 0 Å². The van der Waals surface area contributed by atoms with Gasteiger partial charge in [0.25, 0.3) is 0 Å². The summed E-state index contributed by atoms with van der Waals surface area (Å²) in [6.45, 7) is 1.02. The Morgan fingerprint density at radius 2 is 1.60 bits per heavy atom. The number of phenols is 2. The SMILES string of the molecule is NCCO.NCCc1ccc(O)c(O)c1. The molecular weight excluding hydrogens is 196 g/mol. The summed E-state index contributed by atoms with van der Waals surface area (Å²) < 4.78 is 0. The Kier molecular flexibility index (Phi) is 7.35. The number of aromatic hydroxyl groups is 2. The van der Waals surface area contributed by atoms with Crippen molar-refractivity contribution in [3.8, 4) is 11.5 Å². The number of benzene rings is 1. The maximum Gasteiger partial charge on any atom is 0.157 e. The first-order chi connectivity index (χ1) is 7.15. The number of hydrogen-bond donors (Lipinski definition) is 5. The number of phenolic OH excluding ortho intramolecular Hbond substituents is 2. The number of nitrogens with two attached hydrogens (primary N) is 2. The summed E-state index contributed by atoms with van der Waals surface area (Å²) >= 11 is 0. The van der Waals surface area contributed by atoms with Crippen LogP contribution in [0.1, 0.15) is 5.56 Å². The molecule has 1 aromatic rings. The van der Waals surface area contributed by atoms with Crippen molar-refractivity contribution in [1.29, 1.82) is 0 Å². The third kappa shape index (κ3) is 5.90. The summed E-state index contributed by atoms with van der Waals surface area (Å²) in [5, 5.41) is 25.7. The van der Waals surface area contributed by atoms with Gasteiger partial charge in [0.05, 0.1) is 6.61 Å². The predicted molar refractivity (Wildman–Crippen MR) is 58.7 cm³/mol. The molecule has 1 aromatic carbocycles. The Labute approximate surface area is 89.0 Å². The van der Waals surface area contributed by atoms with Crippen LogP contribution in [0, 0.1) is 0 Å². The second kappa shape index (κ2) is 8.05. The van der Waals surface area contributed by atoms with Gasteiger partial charge in [0.15, 0.2) is 11.5 Å². The number of aliphatic hydroxyl groups excluding tert-OH is 1. The van der Waals surface area contributed by atoms with Crippen LogP contribution in [-0.2, 0) is 6.42 Å². The maximum absolute atomic E-state index is 9.04. The Hall–Kier alpha value is -1.30. The van der Waals surface area contributed by atoms with Crippen molar-refractivity contribution in [2.75, 3.05) is 19.7 Å². The van der Waals surface area contributed by atoms with E-state index in [1.54, 1.807) is 6.07 Å². The Morgan fingerprint density at radius 3 is 2.00 bits per heavy atom. The van der Waals surface area contributed by atoms with Gasteiger partial charge in [-0.05, 0) is 30.7 Å². The quantitative estimate of drug-likeness (QED) is 0.437. The van der Waals surface area contributed by atoms with Crippen LogP contribution in [0.3, 0.4) is 0 Å². The zero-order valence-electron chi connectivity index (χ0n) is 8.56. The third-order valence-electron chi connectivity index (χ3n) is 1.60. The Morgan fingerprint density at radius 1 is 1.00 bits per heavy atom. The van der Waals surface area contributed by atoms with Crippen LogP contribution in [0.15, 0.2) is 18.2 Å². The van der Waals surface area contributed by atoms with Crippen LogP contribution in [0.25, 0.3) is 0 Å². The minimum absolute atomic E-state index is 0.0871. The van der Waals surface area contributed by atoms with E-state index in [0.29, 0.717) is 19.5 Å². The molecule has 0 aliphatic heterocycles. The molecule has 0 saturated carbocycles. The van der Waals surface area contributed by atoms with Crippen LogP contribution in [0.2, 0.25) is 0 Å². The van der Waals surface area contributed by atoms with Crippen LogP contribution in [-0.4, -0.2) is 35.0 Å². The van der Waals surface area contributed by atoms with Crippen molar-refractivity contribution < 1.29 is 15.3 Å². The molecule has 0 saturated heterocycles. The van der Waals surface area contributed by atoms with Gasteiger partial charge in [-0.1, -0.05) is 6.07 Å². The summed E-state index contributed by atoms with van der Waals surface area (Å²) in [7, 11) is 0. The molecule has 5 heteroatoms. The molecule has 0 aliphatic rings. The highest BCUT2D eigenvalue weighted by Crippen LogP contribution is 2.24. The van der Waals surface area contributed by atoms with Crippen LogP contribution in [0.4, 0.5) is 0 Å². The molecule has 0 unspecified atom stereocenters. The first-order valence-corrected chi connectivity index (χ1v) is 4.67. The lowest BCUT2D eigenvalue weighted by atomic mass is 10.1. The van der Waals surface area contributed by atoms with E-state index in [1.807, 2.05) is 0 Å². The van der Waals surface area contributed by atoms with Gasteiger partial charge in [-0.2, -0.15) is 0 Å². The molecule has 0 atom stereocenters. The average molecular weight is 214 g/mol. The summed E-state index contributed by atoms with van der Waals surface area (Å²) in [5.74, 6) is -0.179. The van der Waals surface area contributed by atoms with Crippen LogP contribution >= 0.6 is 0 Å². The fourth-order valence-corrected chi connectivity index (χ4v) is 0.891. The molecule has 0 bridgehead atoms. The van der Waals surface area contributed by atoms with Crippen molar-refractivity contribution >= 4 is 0 Å². The number of aliphatic hydroxyl groups is 1. The monoisotopic (exact) mass is 214 g/mol. The van der Waals surface area contributed by atoms with Crippen molar-refractivity contribution in [2.45, 2.75) is 6.42 Å². The minimum atomic E-state index is -0.0919. The summed E-state index contributed by atoms with van der Waals surface area (Å²) in [5.41, 5.74) is 11.0. The van der Waals surface area contributed by atoms with Gasteiger partial charge in [-0.25, -0.2) is 0 Å². The lowest BCUT2D eigenvalue weighted by molar-refractivity contribution is 0.306. The van der Waals surface area contributed by atoms with E-state index in [-0.39, 0.29) is 18.1 Å². The van der Waals surface area contributed by atoms with E-state index in [2.05, 4.69) is 0 Å². The van der Waals surface area contributed by atoms with Crippen molar-refractivity contribution in [2.24, 2.45) is 11.5 Å². The first kappa shape index (κ1) is 13.7. The maximum atomic E-state index is 9.04. The van der Waals surface area contributed by atoms with Gasteiger partial charge in [0.2, 0.25) is 0 Å². The number of rotatable bonds is 3. The smallest absolute Gasteiger partial charge is 0.157 e. The van der Waals surface area contributed by atoms with Gasteiger partial charge < -0.3 is 26.8 Å². The van der Waals surface area contributed by atoms with Crippen molar-refractivity contribution in [1.82, 2.24) is 0 Å². The topological polar surface area (TPSA) is 113 Å². The standard InChI is InChI=1S/C8H11NO2.C2H7NO/c9-4-3-6-1-2-7(10)8(11)5-6;3-1-2-4/h1-2,5,10-11H,3-4,9H2;4H,1-3H2. The largest absolute Gasteiger partial charge is 0.504 e. The lowest BCUT2D eigenvalue weighted by Gasteiger charge is -2.00. The molecule has 0 aliphatic carbocycles. The third-order valence-corrected chi connectivity index (χ3v) is 1.60. The Balaban J connectivity index is 0.000000423. The lowest BCUT2D eigenvalue weighted by Crippen LogP contribution is -2.02. The molecular formula is C10H18N2O3. The molecule has 5 nitrogen and oxygen atoms in total. The minimum Gasteiger partial charge on any atom is -0.504 e. The van der Waals surface area contributed by atoms with E-state index in [9.17, 15) is 0 Å². The zero-order valence-corrected chi connectivity index (χ0v) is 8.56. The fraction of sp³-hybridized carbons (Fsp3) is 0.400. The summed E-state index contributed by atoms with van der Waals surface area (Å²) in [4.78, 5) is 0. The van der Waals surface area contributed by atoms with E-state index < -0.39 is 0 Å². The number of hydrogen-bond acceptors (Lipinski definition) is 5. The van der Waals surface area contributed by atoms with Crippen molar-refractivity contribution in [3.63, 3.8) is 0 Å². The van der Waals surface area contributed by atoms with Gasteiger partial charge in [-0.3, -0.25) is 0 Å². The molecule has 15 heavy (non-hydrogen) atoms. The molecule has 86 valence electrons. The zero-order chi connectivity index (χ0) is 11.7. The first-order valence-electron chi connectivity index (χ1n) is 4.67. The molecule has 0 spiro atoms. The molecule has 0 fully saturated rings. The van der Waals surface area contributed by atoms with Crippen LogP contribution in [0.5, 0.6) is 11.5 Å². The van der Waals surface area contributed by atoms with Crippen LogP contribution < -0.4 is 11.5 Å². The van der Waals surface area contributed by atoms with E-state index in [0.717, 1.165) is 5.56 Å². The average Bonchev–Trinajstić information content (AvgIpc) is 2.24. The highest BCUT2D eigenvalue weighted by atomic mass is 16.3. The van der Waals surface area contributed by atoms with Gasteiger partial charge in [-0.15, -0.1) is 0 Å². The second-order valence-corrected chi connectivity index (χ2v) is 2.87. The molecule has 0 radical (unpaired) electrons. The highest BCUT2D eigenvalue weighted by Gasteiger charge is 1.98. The molecule has 1 rings (SSSR count). The molecule has 0 heterocycles. The normalized spacial score (nSPS) is 9.27. The molecule has 0 amide bonds. The fourth-order valence-electron chi connectivity index (χ4n) is 0.891.